The average Bonchev–Trinajstić information content (AvgIpc) is 2.74. The predicted molar refractivity (Wildman–Crippen MR) is 84.4 cm³/mol. The molecule has 3 N–H and O–H groups in total. The van der Waals surface area contributed by atoms with Crippen LogP contribution in [-0.2, 0) is 0 Å². The summed E-state index contributed by atoms with van der Waals surface area (Å²) in [5.41, 5.74) is 6.87. The molecule has 5 heteroatoms. The Morgan fingerprint density at radius 3 is 2.71 bits per heavy atom. The summed E-state index contributed by atoms with van der Waals surface area (Å²) in [6.45, 7) is 6.19. The van der Waals surface area contributed by atoms with Crippen molar-refractivity contribution in [3.63, 3.8) is 0 Å². The molecule has 2 aromatic rings. The van der Waals surface area contributed by atoms with Crippen LogP contribution in [0, 0.1) is 5.41 Å². The predicted octanol–water partition coefficient (Wildman–Crippen LogP) is 1.98. The fourth-order valence-electron chi connectivity index (χ4n) is 3.18. The molecule has 1 fully saturated rings. The zero-order chi connectivity index (χ0) is 15.0. The molecule has 0 aliphatic carbocycles. The summed E-state index contributed by atoms with van der Waals surface area (Å²) >= 11 is 0. The van der Waals surface area contributed by atoms with E-state index in [-0.39, 0.29) is 16.9 Å². The lowest BCUT2D eigenvalue weighted by Gasteiger charge is -2.25. The maximum atomic E-state index is 11.6. The number of nitrogens with zero attached hydrogens (tertiary/aromatic N) is 2. The third-order valence-electron chi connectivity index (χ3n) is 4.22. The highest BCUT2D eigenvalue weighted by Gasteiger charge is 2.40. The fraction of sp³-hybridized carbons (Fsp3) is 0.375. The van der Waals surface area contributed by atoms with Gasteiger partial charge in [-0.2, -0.15) is 4.98 Å². The topological polar surface area (TPSA) is 75.0 Å². The molecule has 0 spiro atoms. The summed E-state index contributed by atoms with van der Waals surface area (Å²) in [5.74, 6) is 1.22. The molecule has 1 saturated heterocycles. The molecule has 2 heterocycles. The first-order chi connectivity index (χ1) is 9.95. The van der Waals surface area contributed by atoms with Gasteiger partial charge < -0.3 is 10.6 Å². The van der Waals surface area contributed by atoms with Gasteiger partial charge in [0.2, 0.25) is 5.95 Å². The molecular weight excluding hydrogens is 264 g/mol. The molecule has 1 aliphatic heterocycles. The van der Waals surface area contributed by atoms with Crippen molar-refractivity contribution in [1.29, 1.82) is 0 Å². The lowest BCUT2D eigenvalue weighted by molar-refractivity contribution is 0.365. The number of hydrogen-bond donors (Lipinski definition) is 2. The number of benzene rings is 1. The van der Waals surface area contributed by atoms with Gasteiger partial charge in [-0.3, -0.25) is 9.78 Å². The van der Waals surface area contributed by atoms with E-state index >= 15 is 0 Å². The van der Waals surface area contributed by atoms with Crippen molar-refractivity contribution < 1.29 is 0 Å². The van der Waals surface area contributed by atoms with Crippen molar-refractivity contribution in [1.82, 2.24) is 9.97 Å². The second kappa shape index (κ2) is 4.91. The van der Waals surface area contributed by atoms with Crippen LogP contribution in [0.25, 0.3) is 0 Å². The van der Waals surface area contributed by atoms with Gasteiger partial charge in [-0.05, 0) is 11.0 Å². The molecule has 21 heavy (non-hydrogen) atoms. The molecule has 0 saturated carbocycles. The molecule has 110 valence electrons. The van der Waals surface area contributed by atoms with E-state index in [9.17, 15) is 4.79 Å². The van der Waals surface area contributed by atoms with E-state index in [0.29, 0.717) is 11.7 Å². The quantitative estimate of drug-likeness (QED) is 0.884. The van der Waals surface area contributed by atoms with Gasteiger partial charge in [-0.25, -0.2) is 0 Å². The molecular formula is C16H20N4O. The minimum Gasteiger partial charge on any atom is -0.369 e. The van der Waals surface area contributed by atoms with E-state index in [1.807, 2.05) is 6.07 Å². The molecule has 0 amide bonds. The Balaban J connectivity index is 1.93. The SMILES string of the molecule is CC1(C)CN(c2cc(=O)[nH]c(N)n2)CC1c1ccccc1. The smallest absolute Gasteiger partial charge is 0.254 e. The summed E-state index contributed by atoms with van der Waals surface area (Å²) in [4.78, 5) is 20.5. The minimum atomic E-state index is -0.210. The number of aromatic nitrogens is 2. The summed E-state index contributed by atoms with van der Waals surface area (Å²) in [5, 5.41) is 0. The molecule has 3 rings (SSSR count). The second-order valence-corrected chi connectivity index (χ2v) is 6.32. The van der Waals surface area contributed by atoms with E-state index in [2.05, 4.69) is 53.0 Å². The molecule has 1 atom stereocenters. The monoisotopic (exact) mass is 284 g/mol. The van der Waals surface area contributed by atoms with Crippen LogP contribution in [0.4, 0.5) is 11.8 Å². The zero-order valence-electron chi connectivity index (χ0n) is 12.3. The first-order valence-corrected chi connectivity index (χ1v) is 7.12. The molecule has 0 radical (unpaired) electrons. The largest absolute Gasteiger partial charge is 0.369 e. The number of anilines is 2. The van der Waals surface area contributed by atoms with Crippen molar-refractivity contribution in [3.8, 4) is 0 Å². The van der Waals surface area contributed by atoms with E-state index in [0.717, 1.165) is 13.1 Å². The van der Waals surface area contributed by atoms with Gasteiger partial charge in [0.15, 0.2) is 0 Å². The number of aromatic amines is 1. The fourth-order valence-corrected chi connectivity index (χ4v) is 3.18. The van der Waals surface area contributed by atoms with E-state index in [1.165, 1.54) is 11.6 Å². The van der Waals surface area contributed by atoms with E-state index in [1.54, 1.807) is 0 Å². The highest BCUT2D eigenvalue weighted by Crippen LogP contribution is 2.43. The number of nitrogens with one attached hydrogen (secondary N) is 1. The Bertz CT molecular complexity index is 693. The van der Waals surface area contributed by atoms with Crippen LogP contribution in [0.2, 0.25) is 0 Å². The number of nitrogens with two attached hydrogens (primary N) is 1. The van der Waals surface area contributed by atoms with Crippen LogP contribution >= 0.6 is 0 Å². The summed E-state index contributed by atoms with van der Waals surface area (Å²) in [7, 11) is 0. The van der Waals surface area contributed by atoms with Gasteiger partial charge in [-0.1, -0.05) is 44.2 Å². The normalized spacial score (nSPS) is 20.7. The Morgan fingerprint density at radius 2 is 2.05 bits per heavy atom. The number of H-pyrrole nitrogens is 1. The summed E-state index contributed by atoms with van der Waals surface area (Å²) < 4.78 is 0. The maximum Gasteiger partial charge on any atom is 0.254 e. The highest BCUT2D eigenvalue weighted by atomic mass is 16.1. The third kappa shape index (κ3) is 2.63. The molecule has 1 aromatic carbocycles. The highest BCUT2D eigenvalue weighted by molar-refractivity contribution is 5.45. The van der Waals surface area contributed by atoms with E-state index in [4.69, 9.17) is 5.73 Å². The van der Waals surface area contributed by atoms with Crippen LogP contribution in [0.5, 0.6) is 0 Å². The van der Waals surface area contributed by atoms with Gasteiger partial charge in [0.25, 0.3) is 5.56 Å². The van der Waals surface area contributed by atoms with Crippen LogP contribution < -0.4 is 16.2 Å². The summed E-state index contributed by atoms with van der Waals surface area (Å²) in [6.07, 6.45) is 0. The Morgan fingerprint density at radius 1 is 1.33 bits per heavy atom. The maximum absolute atomic E-state index is 11.6. The first kappa shape index (κ1) is 13.7. The Labute approximate surface area is 123 Å². The summed E-state index contributed by atoms with van der Waals surface area (Å²) in [6, 6.07) is 12.0. The molecule has 1 aliphatic rings. The zero-order valence-corrected chi connectivity index (χ0v) is 12.3. The number of hydrogen-bond acceptors (Lipinski definition) is 4. The van der Waals surface area contributed by atoms with Crippen molar-refractivity contribution in [2.45, 2.75) is 19.8 Å². The molecule has 1 unspecified atom stereocenters. The van der Waals surface area contributed by atoms with E-state index < -0.39 is 0 Å². The van der Waals surface area contributed by atoms with Crippen molar-refractivity contribution in [2.24, 2.45) is 5.41 Å². The number of rotatable bonds is 2. The van der Waals surface area contributed by atoms with Crippen LogP contribution in [0.15, 0.2) is 41.2 Å². The molecule has 0 bridgehead atoms. The van der Waals surface area contributed by atoms with Gasteiger partial charge in [0.1, 0.15) is 5.82 Å². The van der Waals surface area contributed by atoms with Gasteiger partial charge in [0, 0.05) is 25.1 Å². The minimum absolute atomic E-state index is 0.112. The molecule has 1 aromatic heterocycles. The molecule has 5 nitrogen and oxygen atoms in total. The number of nitrogen functional groups attached to an aromatic ring is 1. The van der Waals surface area contributed by atoms with Crippen LogP contribution in [-0.4, -0.2) is 23.1 Å². The average molecular weight is 284 g/mol. The Hall–Kier alpha value is -2.30. The lowest BCUT2D eigenvalue weighted by Crippen LogP contribution is -2.26. The van der Waals surface area contributed by atoms with Crippen molar-refractivity contribution in [3.05, 3.63) is 52.3 Å². The van der Waals surface area contributed by atoms with Crippen LogP contribution in [0.3, 0.4) is 0 Å². The van der Waals surface area contributed by atoms with Crippen LogP contribution in [0.1, 0.15) is 25.3 Å². The standard InChI is InChI=1S/C16H20N4O/c1-16(2)10-20(13-8-14(21)19-15(17)18-13)9-12(16)11-6-4-3-5-7-11/h3-8,12H,9-10H2,1-2H3,(H3,17,18,19,21). The van der Waals surface area contributed by atoms with Gasteiger partial charge >= 0.3 is 0 Å². The van der Waals surface area contributed by atoms with Gasteiger partial charge in [-0.15, -0.1) is 0 Å². The Kier molecular flexibility index (Phi) is 3.20. The lowest BCUT2D eigenvalue weighted by atomic mass is 9.78. The van der Waals surface area contributed by atoms with Crippen molar-refractivity contribution in [2.75, 3.05) is 23.7 Å². The van der Waals surface area contributed by atoms with Gasteiger partial charge in [0.05, 0.1) is 0 Å². The second-order valence-electron chi connectivity index (χ2n) is 6.32. The first-order valence-electron chi connectivity index (χ1n) is 7.12. The van der Waals surface area contributed by atoms with Crippen molar-refractivity contribution >= 4 is 11.8 Å². The third-order valence-corrected chi connectivity index (χ3v) is 4.22.